The third-order valence-electron chi connectivity index (χ3n) is 7.00. The molecule has 0 radical (unpaired) electrons. The molecular formula is C34H39NO6. The molecule has 1 N–H and O–H groups in total. The van der Waals surface area contributed by atoms with E-state index < -0.39 is 17.7 Å². The molecule has 3 aromatic rings. The number of ether oxygens (including phenoxy) is 3. The van der Waals surface area contributed by atoms with Crippen molar-refractivity contribution in [2.45, 2.75) is 46.6 Å². The van der Waals surface area contributed by atoms with E-state index in [1.807, 2.05) is 62.4 Å². The van der Waals surface area contributed by atoms with Crippen LogP contribution in [0.4, 0.5) is 0 Å². The van der Waals surface area contributed by atoms with Gasteiger partial charge in [-0.3, -0.25) is 9.59 Å². The molecule has 1 aliphatic heterocycles. The van der Waals surface area contributed by atoms with Gasteiger partial charge in [-0.25, -0.2) is 0 Å². The summed E-state index contributed by atoms with van der Waals surface area (Å²) in [6, 6.07) is 21.3. The van der Waals surface area contributed by atoms with E-state index in [4.69, 9.17) is 14.2 Å². The SMILES string of the molecule is CCOc1ccc(C(O)=C2C(=O)C(=O)N(CCc3ccccc3)C2c2ccc(OCCC(C)C)c(OCC)c2)cc1. The van der Waals surface area contributed by atoms with Crippen molar-refractivity contribution in [2.24, 2.45) is 5.92 Å². The highest BCUT2D eigenvalue weighted by atomic mass is 16.5. The van der Waals surface area contributed by atoms with Crippen molar-refractivity contribution >= 4 is 17.4 Å². The minimum atomic E-state index is -0.797. The molecule has 1 aliphatic rings. The fourth-order valence-electron chi connectivity index (χ4n) is 4.87. The van der Waals surface area contributed by atoms with Crippen molar-refractivity contribution in [1.82, 2.24) is 4.90 Å². The maximum atomic E-state index is 13.5. The first kappa shape index (κ1) is 29.7. The zero-order valence-corrected chi connectivity index (χ0v) is 24.3. The van der Waals surface area contributed by atoms with Crippen LogP contribution in [0.3, 0.4) is 0 Å². The molecule has 0 aliphatic carbocycles. The van der Waals surface area contributed by atoms with Gasteiger partial charge in [0.05, 0.1) is 31.4 Å². The summed E-state index contributed by atoms with van der Waals surface area (Å²) in [6.45, 7) is 9.84. The van der Waals surface area contributed by atoms with Gasteiger partial charge in [0.25, 0.3) is 11.7 Å². The Balaban J connectivity index is 1.76. The van der Waals surface area contributed by atoms with E-state index in [1.54, 1.807) is 29.2 Å². The Hall–Kier alpha value is -4.26. The first-order chi connectivity index (χ1) is 19.8. The van der Waals surface area contributed by atoms with E-state index in [2.05, 4.69) is 13.8 Å². The lowest BCUT2D eigenvalue weighted by Gasteiger charge is -2.26. The number of hydrogen-bond acceptors (Lipinski definition) is 6. The topological polar surface area (TPSA) is 85.3 Å². The molecule has 1 atom stereocenters. The Kier molecular flexibility index (Phi) is 10.1. The van der Waals surface area contributed by atoms with Crippen LogP contribution in [0.2, 0.25) is 0 Å². The number of carbonyl (C=O) groups excluding carboxylic acids is 2. The molecule has 1 heterocycles. The fraction of sp³-hybridized carbons (Fsp3) is 0.353. The van der Waals surface area contributed by atoms with E-state index in [-0.39, 0.29) is 11.3 Å². The first-order valence-corrected chi connectivity index (χ1v) is 14.3. The van der Waals surface area contributed by atoms with Crippen molar-refractivity contribution in [3.63, 3.8) is 0 Å². The highest BCUT2D eigenvalue weighted by Gasteiger charge is 2.46. The zero-order valence-electron chi connectivity index (χ0n) is 24.3. The van der Waals surface area contributed by atoms with E-state index in [0.29, 0.717) is 67.1 Å². The number of amides is 1. The minimum absolute atomic E-state index is 0.0446. The number of carbonyl (C=O) groups is 2. The van der Waals surface area contributed by atoms with Gasteiger partial charge in [0.15, 0.2) is 11.5 Å². The molecule has 0 saturated carbocycles. The van der Waals surface area contributed by atoms with E-state index in [9.17, 15) is 14.7 Å². The predicted molar refractivity (Wildman–Crippen MR) is 159 cm³/mol. The third-order valence-corrected chi connectivity index (χ3v) is 7.00. The molecule has 4 rings (SSSR count). The lowest BCUT2D eigenvalue weighted by atomic mass is 9.94. The second-order valence-corrected chi connectivity index (χ2v) is 10.4. The molecule has 7 nitrogen and oxygen atoms in total. The molecule has 1 amide bonds. The summed E-state index contributed by atoms with van der Waals surface area (Å²) >= 11 is 0. The normalized spacial score (nSPS) is 16.3. The Morgan fingerprint density at radius 2 is 1.59 bits per heavy atom. The Morgan fingerprint density at radius 3 is 2.24 bits per heavy atom. The molecule has 216 valence electrons. The minimum Gasteiger partial charge on any atom is -0.507 e. The predicted octanol–water partition coefficient (Wildman–Crippen LogP) is 6.57. The van der Waals surface area contributed by atoms with Crippen LogP contribution in [0.5, 0.6) is 17.2 Å². The average molecular weight is 558 g/mol. The van der Waals surface area contributed by atoms with E-state index in [1.165, 1.54) is 0 Å². The summed E-state index contributed by atoms with van der Waals surface area (Å²) in [7, 11) is 0. The molecule has 0 bridgehead atoms. The molecule has 7 heteroatoms. The summed E-state index contributed by atoms with van der Waals surface area (Å²) < 4.78 is 17.5. The number of nitrogens with zero attached hydrogens (tertiary/aromatic N) is 1. The van der Waals surface area contributed by atoms with Gasteiger partial charge in [0, 0.05) is 12.1 Å². The summed E-state index contributed by atoms with van der Waals surface area (Å²) in [5, 5.41) is 11.4. The summed E-state index contributed by atoms with van der Waals surface area (Å²) in [6.07, 6.45) is 1.46. The van der Waals surface area contributed by atoms with Crippen LogP contribution >= 0.6 is 0 Å². The maximum Gasteiger partial charge on any atom is 0.295 e. The summed E-state index contributed by atoms with van der Waals surface area (Å²) in [4.78, 5) is 28.5. The van der Waals surface area contributed by atoms with Gasteiger partial charge < -0.3 is 24.2 Å². The van der Waals surface area contributed by atoms with Crippen molar-refractivity contribution in [1.29, 1.82) is 0 Å². The van der Waals surface area contributed by atoms with Crippen LogP contribution in [0.25, 0.3) is 5.76 Å². The standard InChI is InChI=1S/C34H39NO6/c1-5-39-27-15-12-25(13-16-27)32(36)30-31(35(34(38)33(30)37)20-18-24-10-8-7-9-11-24)26-14-17-28(29(22-26)40-6-2)41-21-19-23(3)4/h7-17,22-23,31,36H,5-6,18-21H2,1-4H3. The Labute approximate surface area is 242 Å². The average Bonchev–Trinajstić information content (AvgIpc) is 3.22. The first-order valence-electron chi connectivity index (χ1n) is 14.3. The Bertz CT molecular complexity index is 1360. The molecule has 1 saturated heterocycles. The molecule has 41 heavy (non-hydrogen) atoms. The number of aliphatic hydroxyl groups is 1. The number of Topliss-reactive ketones (excluding diaryl/α,β-unsaturated/α-hetero) is 1. The zero-order chi connectivity index (χ0) is 29.4. The number of benzene rings is 3. The van der Waals surface area contributed by atoms with Gasteiger partial charge in [-0.1, -0.05) is 50.2 Å². The molecule has 3 aromatic carbocycles. The lowest BCUT2D eigenvalue weighted by Crippen LogP contribution is -2.31. The van der Waals surface area contributed by atoms with Gasteiger partial charge in [-0.05, 0) is 80.1 Å². The molecule has 1 fully saturated rings. The molecule has 1 unspecified atom stereocenters. The number of ketones is 1. The number of aliphatic hydroxyl groups excluding tert-OH is 1. The maximum absolute atomic E-state index is 13.5. The quantitative estimate of drug-likeness (QED) is 0.145. The van der Waals surface area contributed by atoms with Crippen LogP contribution in [0.15, 0.2) is 78.4 Å². The second kappa shape index (κ2) is 13.9. The van der Waals surface area contributed by atoms with Gasteiger partial charge in [0.1, 0.15) is 11.5 Å². The van der Waals surface area contributed by atoms with Crippen LogP contribution in [-0.2, 0) is 16.0 Å². The van der Waals surface area contributed by atoms with Gasteiger partial charge in [-0.15, -0.1) is 0 Å². The molecular weight excluding hydrogens is 518 g/mol. The van der Waals surface area contributed by atoms with Gasteiger partial charge in [-0.2, -0.15) is 0 Å². The van der Waals surface area contributed by atoms with E-state index in [0.717, 1.165) is 12.0 Å². The lowest BCUT2D eigenvalue weighted by molar-refractivity contribution is -0.139. The number of hydrogen-bond donors (Lipinski definition) is 1. The van der Waals surface area contributed by atoms with Gasteiger partial charge >= 0.3 is 0 Å². The van der Waals surface area contributed by atoms with Crippen molar-refractivity contribution in [2.75, 3.05) is 26.4 Å². The molecule has 0 aromatic heterocycles. The van der Waals surface area contributed by atoms with Crippen molar-refractivity contribution in [3.05, 3.63) is 95.1 Å². The number of rotatable bonds is 13. The Morgan fingerprint density at radius 1 is 0.878 bits per heavy atom. The van der Waals surface area contributed by atoms with E-state index >= 15 is 0 Å². The van der Waals surface area contributed by atoms with Crippen LogP contribution in [0.1, 0.15) is 56.8 Å². The third kappa shape index (κ3) is 7.09. The second-order valence-electron chi connectivity index (χ2n) is 10.4. The van der Waals surface area contributed by atoms with Crippen molar-refractivity contribution in [3.8, 4) is 17.2 Å². The highest BCUT2D eigenvalue weighted by Crippen LogP contribution is 2.42. The van der Waals surface area contributed by atoms with Crippen LogP contribution in [0, 0.1) is 5.92 Å². The highest BCUT2D eigenvalue weighted by molar-refractivity contribution is 6.46. The smallest absolute Gasteiger partial charge is 0.295 e. The fourth-order valence-corrected chi connectivity index (χ4v) is 4.87. The largest absolute Gasteiger partial charge is 0.507 e. The van der Waals surface area contributed by atoms with Crippen molar-refractivity contribution < 1.29 is 28.9 Å². The monoisotopic (exact) mass is 557 g/mol. The number of likely N-dealkylation sites (tertiary alicyclic amines) is 1. The summed E-state index contributed by atoms with van der Waals surface area (Å²) in [5.41, 5.74) is 2.18. The van der Waals surface area contributed by atoms with Crippen LogP contribution < -0.4 is 14.2 Å². The molecule has 0 spiro atoms. The summed E-state index contributed by atoms with van der Waals surface area (Å²) in [5.74, 6) is 0.690. The van der Waals surface area contributed by atoms with Gasteiger partial charge in [0.2, 0.25) is 0 Å². The van der Waals surface area contributed by atoms with Crippen LogP contribution in [-0.4, -0.2) is 48.1 Å².